The van der Waals surface area contributed by atoms with Crippen molar-refractivity contribution >= 4 is 33.5 Å². The summed E-state index contributed by atoms with van der Waals surface area (Å²) < 4.78 is 12.6. The summed E-state index contributed by atoms with van der Waals surface area (Å²) in [5.74, 6) is 1.27. The van der Waals surface area contributed by atoms with Gasteiger partial charge in [-0.1, -0.05) is 29.8 Å². The first-order chi connectivity index (χ1) is 12.1. The van der Waals surface area contributed by atoms with Crippen molar-refractivity contribution in [3.63, 3.8) is 0 Å². The fraction of sp³-hybridized carbons (Fsp3) is 0.167. The molecule has 0 atom stereocenters. The van der Waals surface area contributed by atoms with Gasteiger partial charge in [0.1, 0.15) is 17.0 Å². The Kier molecular flexibility index (Phi) is 3.69. The molecule has 0 aliphatic heterocycles. The third kappa shape index (κ3) is 2.37. The molecule has 4 rings (SSSR count). The Balaban J connectivity index is 2.18. The van der Waals surface area contributed by atoms with Gasteiger partial charge in [-0.05, 0) is 12.1 Å². The van der Waals surface area contributed by atoms with E-state index in [2.05, 4.69) is 15.3 Å². The Hall–Kier alpha value is -2.86. The van der Waals surface area contributed by atoms with E-state index in [9.17, 15) is 0 Å². The van der Waals surface area contributed by atoms with Crippen molar-refractivity contribution in [3.8, 4) is 22.8 Å². The monoisotopic (exact) mass is 354 g/mol. The highest BCUT2D eigenvalue weighted by molar-refractivity contribution is 6.33. The molecule has 2 aromatic heterocycles. The molecule has 0 aliphatic carbocycles. The second-order valence-electron chi connectivity index (χ2n) is 5.58. The van der Waals surface area contributed by atoms with E-state index in [-0.39, 0.29) is 0 Å². The van der Waals surface area contributed by atoms with Gasteiger partial charge in [0.05, 0.1) is 24.6 Å². The lowest BCUT2D eigenvalue weighted by Gasteiger charge is -2.09. The molecule has 0 unspecified atom stereocenters. The van der Waals surface area contributed by atoms with Crippen LogP contribution >= 0.6 is 11.6 Å². The Morgan fingerprint density at radius 2 is 1.84 bits per heavy atom. The van der Waals surface area contributed by atoms with Crippen LogP contribution in [0.2, 0.25) is 5.02 Å². The minimum absolute atomic E-state index is 0.595. The number of halogens is 1. The standard InChI is InChI=1S/C18H15ClN4O2/c1-23-18-15(17(22-23)11-6-4-5-7-13(11)19)12-8-10(24-2)9-14(25-3)16(12)20-21-18/h4-9H,1-3H3. The maximum atomic E-state index is 6.40. The van der Waals surface area contributed by atoms with Crippen LogP contribution in [0.15, 0.2) is 36.4 Å². The third-order valence-electron chi connectivity index (χ3n) is 4.16. The van der Waals surface area contributed by atoms with Gasteiger partial charge in [-0.15, -0.1) is 10.2 Å². The molecule has 0 saturated heterocycles. The molecule has 0 spiro atoms. The van der Waals surface area contributed by atoms with E-state index in [0.717, 1.165) is 22.0 Å². The van der Waals surface area contributed by atoms with E-state index in [0.29, 0.717) is 27.7 Å². The van der Waals surface area contributed by atoms with Crippen molar-refractivity contribution in [2.75, 3.05) is 14.2 Å². The lowest BCUT2D eigenvalue weighted by molar-refractivity contribution is 0.397. The normalized spacial score (nSPS) is 11.2. The average Bonchev–Trinajstić information content (AvgIpc) is 2.98. The zero-order valence-electron chi connectivity index (χ0n) is 13.9. The minimum atomic E-state index is 0.595. The first kappa shape index (κ1) is 15.7. The van der Waals surface area contributed by atoms with Gasteiger partial charge in [0.25, 0.3) is 0 Å². The zero-order valence-corrected chi connectivity index (χ0v) is 14.7. The summed E-state index contributed by atoms with van der Waals surface area (Å²) in [4.78, 5) is 0. The van der Waals surface area contributed by atoms with Crippen LogP contribution in [-0.4, -0.2) is 34.2 Å². The van der Waals surface area contributed by atoms with Crippen LogP contribution in [0.25, 0.3) is 33.2 Å². The molecule has 0 radical (unpaired) electrons. The second kappa shape index (κ2) is 5.89. The topological polar surface area (TPSA) is 62.1 Å². The van der Waals surface area contributed by atoms with E-state index in [1.807, 2.05) is 37.4 Å². The third-order valence-corrected chi connectivity index (χ3v) is 4.49. The first-order valence-corrected chi connectivity index (χ1v) is 8.02. The van der Waals surface area contributed by atoms with Gasteiger partial charge in [-0.25, -0.2) is 4.68 Å². The van der Waals surface area contributed by atoms with Crippen LogP contribution in [0.5, 0.6) is 11.5 Å². The lowest BCUT2D eigenvalue weighted by atomic mass is 10.1. The van der Waals surface area contributed by atoms with Gasteiger partial charge in [0.2, 0.25) is 0 Å². The van der Waals surface area contributed by atoms with Crippen molar-refractivity contribution in [1.29, 1.82) is 0 Å². The Bertz CT molecular complexity index is 1110. The second-order valence-corrected chi connectivity index (χ2v) is 5.98. The van der Waals surface area contributed by atoms with Crippen LogP contribution in [0.4, 0.5) is 0 Å². The number of aromatic nitrogens is 4. The fourth-order valence-electron chi connectivity index (χ4n) is 2.97. The van der Waals surface area contributed by atoms with Crippen LogP contribution in [0.3, 0.4) is 0 Å². The molecule has 126 valence electrons. The molecular weight excluding hydrogens is 340 g/mol. The Labute approximate surface area is 148 Å². The van der Waals surface area contributed by atoms with Gasteiger partial charge >= 0.3 is 0 Å². The zero-order chi connectivity index (χ0) is 17.6. The van der Waals surface area contributed by atoms with Crippen molar-refractivity contribution < 1.29 is 9.47 Å². The van der Waals surface area contributed by atoms with Gasteiger partial charge in [0.15, 0.2) is 11.4 Å². The number of methoxy groups -OCH3 is 2. The van der Waals surface area contributed by atoms with E-state index in [1.54, 1.807) is 25.0 Å². The van der Waals surface area contributed by atoms with Crippen molar-refractivity contribution in [1.82, 2.24) is 20.0 Å². The van der Waals surface area contributed by atoms with Crippen LogP contribution in [0, 0.1) is 0 Å². The quantitative estimate of drug-likeness (QED) is 0.559. The molecule has 0 fully saturated rings. The number of hydrogen-bond acceptors (Lipinski definition) is 5. The molecule has 0 bridgehead atoms. The molecule has 4 aromatic rings. The van der Waals surface area contributed by atoms with Gasteiger partial charge in [-0.2, -0.15) is 5.10 Å². The van der Waals surface area contributed by atoms with E-state index >= 15 is 0 Å². The van der Waals surface area contributed by atoms with Crippen LogP contribution in [-0.2, 0) is 7.05 Å². The predicted octanol–water partition coefficient (Wildman–Crippen LogP) is 3.85. The molecule has 6 nitrogen and oxygen atoms in total. The molecule has 25 heavy (non-hydrogen) atoms. The highest BCUT2D eigenvalue weighted by Gasteiger charge is 2.20. The van der Waals surface area contributed by atoms with Crippen LogP contribution < -0.4 is 9.47 Å². The fourth-order valence-corrected chi connectivity index (χ4v) is 3.19. The van der Waals surface area contributed by atoms with E-state index in [4.69, 9.17) is 21.1 Å². The van der Waals surface area contributed by atoms with Gasteiger partial charge in [0, 0.05) is 24.1 Å². The molecule has 2 aromatic carbocycles. The summed E-state index contributed by atoms with van der Waals surface area (Å²) >= 11 is 6.40. The summed E-state index contributed by atoms with van der Waals surface area (Å²) in [6.45, 7) is 0. The summed E-state index contributed by atoms with van der Waals surface area (Å²) in [6.07, 6.45) is 0. The molecule has 7 heteroatoms. The average molecular weight is 355 g/mol. The highest BCUT2D eigenvalue weighted by atomic mass is 35.5. The number of benzene rings is 2. The maximum Gasteiger partial charge on any atom is 0.181 e. The number of rotatable bonds is 3. The van der Waals surface area contributed by atoms with E-state index in [1.165, 1.54) is 0 Å². The molecular formula is C18H15ClN4O2. The van der Waals surface area contributed by atoms with Gasteiger partial charge < -0.3 is 9.47 Å². The predicted molar refractivity (Wildman–Crippen MR) is 97.4 cm³/mol. The molecule has 0 saturated carbocycles. The smallest absolute Gasteiger partial charge is 0.181 e. The lowest BCUT2D eigenvalue weighted by Crippen LogP contribution is -1.96. The Morgan fingerprint density at radius 3 is 2.56 bits per heavy atom. The Morgan fingerprint density at radius 1 is 1.04 bits per heavy atom. The summed E-state index contributed by atoms with van der Waals surface area (Å²) in [5.41, 5.74) is 2.90. The van der Waals surface area contributed by atoms with Crippen molar-refractivity contribution in [3.05, 3.63) is 41.4 Å². The first-order valence-electron chi connectivity index (χ1n) is 7.64. The largest absolute Gasteiger partial charge is 0.497 e. The summed E-state index contributed by atoms with van der Waals surface area (Å²) in [7, 11) is 5.05. The van der Waals surface area contributed by atoms with Crippen molar-refractivity contribution in [2.24, 2.45) is 7.05 Å². The maximum absolute atomic E-state index is 6.40. The molecule has 0 amide bonds. The summed E-state index contributed by atoms with van der Waals surface area (Å²) in [6, 6.07) is 11.3. The highest BCUT2D eigenvalue weighted by Crippen LogP contribution is 2.39. The number of ether oxygens (including phenoxy) is 2. The number of nitrogens with zero attached hydrogens (tertiary/aromatic N) is 4. The molecule has 0 N–H and O–H groups in total. The van der Waals surface area contributed by atoms with E-state index < -0.39 is 0 Å². The molecule has 0 aliphatic rings. The summed E-state index contributed by atoms with van der Waals surface area (Å²) in [5, 5.41) is 15.6. The number of hydrogen-bond donors (Lipinski definition) is 0. The number of fused-ring (bicyclic) bond motifs is 3. The van der Waals surface area contributed by atoms with Crippen LogP contribution in [0.1, 0.15) is 0 Å². The SMILES string of the molecule is COc1cc(OC)c2nnc3c(c(-c4ccccc4Cl)nn3C)c2c1. The minimum Gasteiger partial charge on any atom is -0.497 e. The molecule has 2 heterocycles. The number of aryl methyl sites for hydroxylation is 1. The van der Waals surface area contributed by atoms with Crippen molar-refractivity contribution in [2.45, 2.75) is 0 Å². The van der Waals surface area contributed by atoms with Gasteiger partial charge in [-0.3, -0.25) is 0 Å².